The number of Topliss-reactive ketones (excluding diaryl/α,β-unsaturated/α-hetero) is 1. The lowest BCUT2D eigenvalue weighted by Gasteiger charge is -2.37. The van der Waals surface area contributed by atoms with Gasteiger partial charge in [0.25, 0.3) is 0 Å². The van der Waals surface area contributed by atoms with E-state index in [1.807, 2.05) is 31.2 Å². The number of morpholine rings is 1. The Balaban J connectivity index is 1.97. The van der Waals surface area contributed by atoms with Crippen molar-refractivity contribution in [3.8, 4) is 0 Å². The molecule has 0 saturated carbocycles. The molecule has 3 nitrogen and oxygen atoms in total. The van der Waals surface area contributed by atoms with Gasteiger partial charge in [-0.2, -0.15) is 0 Å². The summed E-state index contributed by atoms with van der Waals surface area (Å²) < 4.78 is 5.65. The van der Waals surface area contributed by atoms with Crippen LogP contribution in [-0.4, -0.2) is 42.5 Å². The highest BCUT2D eigenvalue weighted by Crippen LogP contribution is 2.16. The molecule has 3 heteroatoms. The quantitative estimate of drug-likeness (QED) is 0.768. The number of rotatable bonds is 3. The zero-order chi connectivity index (χ0) is 13.2. The van der Waals surface area contributed by atoms with E-state index in [9.17, 15) is 4.79 Å². The van der Waals surface area contributed by atoms with Gasteiger partial charge in [0, 0.05) is 18.7 Å². The fourth-order valence-electron chi connectivity index (χ4n) is 2.28. The first-order valence-electron chi connectivity index (χ1n) is 6.42. The van der Waals surface area contributed by atoms with Crippen LogP contribution in [0.25, 0.3) is 0 Å². The standard InChI is InChI=1S/C15H21NO2/c1-12-4-6-13(7-5-12)14(17)10-16-8-9-18-15(2,3)11-16/h4-7H,8-11H2,1-3H3. The number of aryl methyl sites for hydroxylation is 1. The second-order valence-corrected chi connectivity index (χ2v) is 5.61. The Labute approximate surface area is 109 Å². The Morgan fingerprint density at radius 1 is 1.33 bits per heavy atom. The van der Waals surface area contributed by atoms with E-state index in [-0.39, 0.29) is 11.4 Å². The lowest BCUT2D eigenvalue weighted by atomic mass is 10.1. The summed E-state index contributed by atoms with van der Waals surface area (Å²) in [6.07, 6.45) is 0. The lowest BCUT2D eigenvalue weighted by Crippen LogP contribution is -2.49. The van der Waals surface area contributed by atoms with Crippen LogP contribution in [0.1, 0.15) is 29.8 Å². The fraction of sp³-hybridized carbons (Fsp3) is 0.533. The van der Waals surface area contributed by atoms with E-state index < -0.39 is 0 Å². The molecule has 0 bridgehead atoms. The van der Waals surface area contributed by atoms with E-state index in [1.165, 1.54) is 5.56 Å². The van der Waals surface area contributed by atoms with Crippen molar-refractivity contribution in [2.24, 2.45) is 0 Å². The zero-order valence-corrected chi connectivity index (χ0v) is 11.4. The predicted octanol–water partition coefficient (Wildman–Crippen LogP) is 2.29. The van der Waals surface area contributed by atoms with Crippen molar-refractivity contribution in [2.45, 2.75) is 26.4 Å². The fourth-order valence-corrected chi connectivity index (χ4v) is 2.28. The van der Waals surface area contributed by atoms with Gasteiger partial charge in [-0.15, -0.1) is 0 Å². The van der Waals surface area contributed by atoms with Crippen LogP contribution in [0.3, 0.4) is 0 Å². The maximum absolute atomic E-state index is 12.2. The van der Waals surface area contributed by atoms with Gasteiger partial charge in [-0.25, -0.2) is 0 Å². The highest BCUT2D eigenvalue weighted by Gasteiger charge is 2.28. The third-order valence-electron chi connectivity index (χ3n) is 3.25. The molecule has 1 heterocycles. The minimum Gasteiger partial charge on any atom is -0.373 e. The van der Waals surface area contributed by atoms with Gasteiger partial charge in [0.2, 0.25) is 0 Å². The summed E-state index contributed by atoms with van der Waals surface area (Å²) in [5.41, 5.74) is 1.83. The Hall–Kier alpha value is -1.19. The zero-order valence-electron chi connectivity index (χ0n) is 11.4. The smallest absolute Gasteiger partial charge is 0.176 e. The summed E-state index contributed by atoms with van der Waals surface area (Å²) in [5.74, 6) is 0.188. The average molecular weight is 247 g/mol. The van der Waals surface area contributed by atoms with Gasteiger partial charge in [-0.1, -0.05) is 29.8 Å². The molecule has 0 amide bonds. The Morgan fingerprint density at radius 2 is 2.00 bits per heavy atom. The summed E-state index contributed by atoms with van der Waals surface area (Å²) in [7, 11) is 0. The van der Waals surface area contributed by atoms with Gasteiger partial charge in [0.05, 0.1) is 18.8 Å². The van der Waals surface area contributed by atoms with Gasteiger partial charge in [-0.05, 0) is 20.8 Å². The first kappa shape index (κ1) is 13.2. The lowest BCUT2D eigenvalue weighted by molar-refractivity contribution is -0.0833. The molecule has 0 atom stereocenters. The molecule has 0 spiro atoms. The first-order chi connectivity index (χ1) is 8.46. The van der Waals surface area contributed by atoms with Crippen molar-refractivity contribution in [2.75, 3.05) is 26.2 Å². The van der Waals surface area contributed by atoms with Crippen LogP contribution < -0.4 is 0 Å². The topological polar surface area (TPSA) is 29.5 Å². The molecule has 0 aromatic heterocycles. The second kappa shape index (κ2) is 5.21. The molecule has 0 aliphatic carbocycles. The highest BCUT2D eigenvalue weighted by atomic mass is 16.5. The third-order valence-corrected chi connectivity index (χ3v) is 3.25. The van der Waals surface area contributed by atoms with Gasteiger partial charge in [0.1, 0.15) is 0 Å². The van der Waals surface area contributed by atoms with Crippen molar-refractivity contribution in [1.29, 1.82) is 0 Å². The van der Waals surface area contributed by atoms with Crippen molar-refractivity contribution in [3.63, 3.8) is 0 Å². The molecular weight excluding hydrogens is 226 g/mol. The SMILES string of the molecule is Cc1ccc(C(=O)CN2CCOC(C)(C)C2)cc1. The van der Waals surface area contributed by atoms with Crippen LogP contribution in [0.15, 0.2) is 24.3 Å². The molecule has 1 aromatic carbocycles. The first-order valence-corrected chi connectivity index (χ1v) is 6.42. The van der Waals surface area contributed by atoms with Crippen LogP contribution in [0, 0.1) is 6.92 Å². The Bertz CT molecular complexity index is 423. The molecule has 0 radical (unpaired) electrons. The third kappa shape index (κ3) is 3.40. The molecule has 1 fully saturated rings. The molecule has 0 unspecified atom stereocenters. The molecule has 98 valence electrons. The summed E-state index contributed by atoms with van der Waals surface area (Å²) >= 11 is 0. The van der Waals surface area contributed by atoms with E-state index in [4.69, 9.17) is 4.74 Å². The number of hydrogen-bond acceptors (Lipinski definition) is 3. The second-order valence-electron chi connectivity index (χ2n) is 5.61. The number of benzene rings is 1. The van der Waals surface area contributed by atoms with Crippen LogP contribution in [0.2, 0.25) is 0 Å². The largest absolute Gasteiger partial charge is 0.373 e. The number of carbonyl (C=O) groups excluding carboxylic acids is 1. The normalized spacial score (nSPS) is 19.7. The van der Waals surface area contributed by atoms with Gasteiger partial charge < -0.3 is 4.74 Å². The Kier molecular flexibility index (Phi) is 3.83. The molecule has 1 aromatic rings. The monoisotopic (exact) mass is 247 g/mol. The molecule has 1 aliphatic heterocycles. The molecule has 1 aliphatic rings. The number of ketones is 1. The van der Waals surface area contributed by atoms with Gasteiger partial charge in [-0.3, -0.25) is 9.69 Å². The molecule has 18 heavy (non-hydrogen) atoms. The van der Waals surface area contributed by atoms with E-state index in [0.29, 0.717) is 13.2 Å². The number of nitrogens with zero attached hydrogens (tertiary/aromatic N) is 1. The molecular formula is C15H21NO2. The number of carbonyl (C=O) groups is 1. The van der Waals surface area contributed by atoms with E-state index in [1.54, 1.807) is 0 Å². The van der Waals surface area contributed by atoms with Crippen molar-refractivity contribution in [1.82, 2.24) is 4.90 Å². The summed E-state index contributed by atoms with van der Waals surface area (Å²) in [4.78, 5) is 14.3. The maximum atomic E-state index is 12.2. The van der Waals surface area contributed by atoms with Crippen LogP contribution >= 0.6 is 0 Å². The van der Waals surface area contributed by atoms with Gasteiger partial charge >= 0.3 is 0 Å². The van der Waals surface area contributed by atoms with Crippen LogP contribution in [0.5, 0.6) is 0 Å². The van der Waals surface area contributed by atoms with Crippen LogP contribution in [-0.2, 0) is 4.74 Å². The predicted molar refractivity (Wildman–Crippen MR) is 72.0 cm³/mol. The van der Waals surface area contributed by atoms with Crippen molar-refractivity contribution >= 4 is 5.78 Å². The minimum absolute atomic E-state index is 0.147. The summed E-state index contributed by atoms with van der Waals surface area (Å²) in [5, 5.41) is 0. The molecule has 1 saturated heterocycles. The highest BCUT2D eigenvalue weighted by molar-refractivity contribution is 5.97. The Morgan fingerprint density at radius 3 is 2.61 bits per heavy atom. The van der Waals surface area contributed by atoms with E-state index in [2.05, 4.69) is 18.7 Å². The molecule has 0 N–H and O–H groups in total. The van der Waals surface area contributed by atoms with Crippen molar-refractivity contribution < 1.29 is 9.53 Å². The molecule has 2 rings (SSSR count). The minimum atomic E-state index is -0.147. The van der Waals surface area contributed by atoms with E-state index >= 15 is 0 Å². The number of hydrogen-bond donors (Lipinski definition) is 0. The summed E-state index contributed by atoms with van der Waals surface area (Å²) in [6.45, 7) is 8.99. The van der Waals surface area contributed by atoms with Crippen molar-refractivity contribution in [3.05, 3.63) is 35.4 Å². The average Bonchev–Trinajstić information content (AvgIpc) is 2.28. The number of ether oxygens (including phenoxy) is 1. The van der Waals surface area contributed by atoms with Crippen LogP contribution in [0.4, 0.5) is 0 Å². The summed E-state index contributed by atoms with van der Waals surface area (Å²) in [6, 6.07) is 7.78. The van der Waals surface area contributed by atoms with E-state index in [0.717, 1.165) is 18.7 Å². The van der Waals surface area contributed by atoms with Gasteiger partial charge in [0.15, 0.2) is 5.78 Å². The maximum Gasteiger partial charge on any atom is 0.176 e.